The van der Waals surface area contributed by atoms with Gasteiger partial charge in [0, 0.05) is 25.2 Å². The number of aliphatic hydroxyl groups is 2. The lowest BCUT2D eigenvalue weighted by atomic mass is 9.50. The first kappa shape index (κ1) is 26.5. The Morgan fingerprint density at radius 3 is 2.32 bits per heavy atom. The predicted octanol–water partition coefficient (Wildman–Crippen LogP) is 3.63. The fourth-order valence-electron chi connectivity index (χ4n) is 7.70. The second-order valence-electron chi connectivity index (χ2n) is 13.0. The highest BCUT2D eigenvalue weighted by Crippen LogP contribution is 2.58. The Morgan fingerprint density at radius 2 is 1.73 bits per heavy atom. The minimum atomic E-state index is -0.711. The minimum Gasteiger partial charge on any atom is -0.494 e. The van der Waals surface area contributed by atoms with E-state index in [1.807, 2.05) is 29.2 Å². The normalized spacial score (nSPS) is 31.4. The molecule has 4 saturated carbocycles. The number of ether oxygens (including phenoxy) is 1. The van der Waals surface area contributed by atoms with Gasteiger partial charge in [0.25, 0.3) is 5.91 Å². The van der Waals surface area contributed by atoms with Crippen LogP contribution in [0, 0.1) is 35.0 Å². The first-order valence-corrected chi connectivity index (χ1v) is 14.3. The number of benzene rings is 1. The monoisotopic (exact) mass is 512 g/mol. The van der Waals surface area contributed by atoms with Crippen molar-refractivity contribution in [2.75, 3.05) is 32.8 Å². The summed E-state index contributed by atoms with van der Waals surface area (Å²) in [6.07, 6.45) is 8.08. The summed E-state index contributed by atoms with van der Waals surface area (Å²) in [5.74, 6) is 3.56. The van der Waals surface area contributed by atoms with E-state index in [1.54, 1.807) is 13.8 Å². The maximum Gasteiger partial charge on any atom is 0.251 e. The van der Waals surface area contributed by atoms with Crippen molar-refractivity contribution in [1.82, 2.24) is 10.2 Å². The molecule has 7 nitrogen and oxygen atoms in total. The summed E-state index contributed by atoms with van der Waals surface area (Å²) in [5, 5.41) is 23.4. The molecule has 4 aliphatic carbocycles. The van der Waals surface area contributed by atoms with Gasteiger partial charge >= 0.3 is 0 Å². The second kappa shape index (κ2) is 10.6. The van der Waals surface area contributed by atoms with E-state index in [1.165, 1.54) is 12.8 Å². The average Bonchev–Trinajstić information content (AvgIpc) is 2.87. The molecule has 37 heavy (non-hydrogen) atoms. The molecule has 1 aromatic rings. The van der Waals surface area contributed by atoms with Crippen molar-refractivity contribution in [3.8, 4) is 5.75 Å². The number of hydrogen-bond acceptors (Lipinski definition) is 5. The van der Waals surface area contributed by atoms with Gasteiger partial charge in [0.15, 0.2) is 0 Å². The smallest absolute Gasteiger partial charge is 0.251 e. The Labute approximate surface area is 221 Å². The summed E-state index contributed by atoms with van der Waals surface area (Å²) in [4.78, 5) is 27.2. The number of carbonyl (C=O) groups is 2. The molecule has 5 aliphatic rings. The van der Waals surface area contributed by atoms with Crippen molar-refractivity contribution in [3.05, 3.63) is 29.8 Å². The van der Waals surface area contributed by atoms with Crippen LogP contribution in [0.1, 0.15) is 75.6 Å². The summed E-state index contributed by atoms with van der Waals surface area (Å²) >= 11 is 0. The molecule has 2 amide bonds. The highest BCUT2D eigenvalue weighted by molar-refractivity contribution is 5.94. The maximum absolute atomic E-state index is 12.8. The van der Waals surface area contributed by atoms with Crippen LogP contribution in [-0.4, -0.2) is 65.4 Å². The van der Waals surface area contributed by atoms with E-state index in [0.717, 1.165) is 57.4 Å². The predicted molar refractivity (Wildman–Crippen MR) is 141 cm³/mol. The third kappa shape index (κ3) is 5.83. The molecule has 2 unspecified atom stereocenters. The van der Waals surface area contributed by atoms with Gasteiger partial charge < -0.3 is 25.2 Å². The molecule has 1 aliphatic heterocycles. The van der Waals surface area contributed by atoms with E-state index in [9.17, 15) is 19.8 Å². The first-order chi connectivity index (χ1) is 17.7. The molecule has 4 bridgehead atoms. The Bertz CT molecular complexity index is 953. The molecular formula is C30H44N2O5. The van der Waals surface area contributed by atoms with Gasteiger partial charge in [-0.2, -0.15) is 0 Å². The fourth-order valence-corrected chi connectivity index (χ4v) is 7.70. The Kier molecular flexibility index (Phi) is 7.56. The number of likely N-dealkylation sites (tertiary alicyclic amines) is 1. The zero-order valence-electron chi connectivity index (χ0n) is 22.5. The summed E-state index contributed by atoms with van der Waals surface area (Å²) in [5.41, 5.74) is -0.490. The largest absolute Gasteiger partial charge is 0.494 e. The Morgan fingerprint density at radius 1 is 1.08 bits per heavy atom. The van der Waals surface area contributed by atoms with E-state index >= 15 is 0 Å². The third-order valence-electron chi connectivity index (χ3n) is 9.72. The second-order valence-corrected chi connectivity index (χ2v) is 13.0. The number of hydrogen-bond donors (Lipinski definition) is 3. The van der Waals surface area contributed by atoms with Gasteiger partial charge in [-0.15, -0.1) is 0 Å². The number of nitrogens with one attached hydrogen (secondary N) is 1. The van der Waals surface area contributed by atoms with Crippen LogP contribution in [0.5, 0.6) is 5.75 Å². The number of nitrogens with zero attached hydrogens (tertiary/aromatic N) is 1. The lowest BCUT2D eigenvalue weighted by molar-refractivity contribution is -0.150. The van der Waals surface area contributed by atoms with Gasteiger partial charge in [-0.25, -0.2) is 0 Å². The number of rotatable bonds is 9. The summed E-state index contributed by atoms with van der Waals surface area (Å²) in [6, 6.07) is 7.39. The van der Waals surface area contributed by atoms with Crippen LogP contribution >= 0.6 is 0 Å². The molecule has 0 radical (unpaired) electrons. The number of piperidine rings is 1. The maximum atomic E-state index is 12.8. The van der Waals surface area contributed by atoms with Crippen LogP contribution in [0.25, 0.3) is 0 Å². The van der Waals surface area contributed by atoms with Gasteiger partial charge in [-0.3, -0.25) is 9.59 Å². The minimum absolute atomic E-state index is 0.0328. The fraction of sp³-hybridized carbons (Fsp3) is 0.733. The molecule has 7 heteroatoms. The van der Waals surface area contributed by atoms with Gasteiger partial charge in [0.1, 0.15) is 5.75 Å². The van der Waals surface area contributed by atoms with Crippen LogP contribution in [0.3, 0.4) is 0 Å². The first-order valence-electron chi connectivity index (χ1n) is 14.3. The summed E-state index contributed by atoms with van der Waals surface area (Å²) in [6.45, 7) is 6.24. The number of aliphatic hydroxyl groups excluding tert-OH is 1. The summed E-state index contributed by atoms with van der Waals surface area (Å²) in [7, 11) is 0. The highest BCUT2D eigenvalue weighted by Gasteiger charge is 2.54. The van der Waals surface area contributed by atoms with E-state index in [0.29, 0.717) is 48.3 Å². The molecule has 0 spiro atoms. The third-order valence-corrected chi connectivity index (χ3v) is 9.72. The van der Waals surface area contributed by atoms with Crippen molar-refractivity contribution in [3.63, 3.8) is 0 Å². The topological polar surface area (TPSA) is 99.1 Å². The molecule has 204 valence electrons. The molecule has 1 aromatic carbocycles. The van der Waals surface area contributed by atoms with Gasteiger partial charge in [-0.1, -0.05) is 0 Å². The Hall–Kier alpha value is -2.12. The van der Waals surface area contributed by atoms with Crippen LogP contribution in [0.2, 0.25) is 0 Å². The standard InChI is InChI=1S/C30H44N2O5/c1-29(2,19-33)28(35)32-10-7-20(8-11-32)9-12-37-25-5-3-22(4-6-25)27(34)31-18-26-23-13-21-14-24(26)17-30(36,15-21)16-23/h3-6,20-21,23-24,26,33,36H,7-19H2,1-2H3,(H,31,34). The van der Waals surface area contributed by atoms with Gasteiger partial charge in [0.05, 0.1) is 24.2 Å². The van der Waals surface area contributed by atoms with Crippen LogP contribution in [0.15, 0.2) is 24.3 Å². The molecule has 1 saturated heterocycles. The lowest BCUT2D eigenvalue weighted by Gasteiger charge is -2.58. The van der Waals surface area contributed by atoms with Gasteiger partial charge in [-0.05, 0) is 119 Å². The molecule has 3 N–H and O–H groups in total. The lowest BCUT2D eigenvalue weighted by Crippen LogP contribution is -2.56. The quantitative estimate of drug-likeness (QED) is 0.469. The van der Waals surface area contributed by atoms with Crippen LogP contribution in [-0.2, 0) is 4.79 Å². The molecule has 1 heterocycles. The highest BCUT2D eigenvalue weighted by atomic mass is 16.5. The van der Waals surface area contributed by atoms with E-state index in [4.69, 9.17) is 4.74 Å². The van der Waals surface area contributed by atoms with Crippen molar-refractivity contribution in [2.24, 2.45) is 35.0 Å². The van der Waals surface area contributed by atoms with Crippen LogP contribution in [0.4, 0.5) is 0 Å². The van der Waals surface area contributed by atoms with E-state index in [2.05, 4.69) is 5.32 Å². The van der Waals surface area contributed by atoms with E-state index in [-0.39, 0.29) is 18.4 Å². The molecule has 6 rings (SSSR count). The zero-order chi connectivity index (χ0) is 26.2. The zero-order valence-corrected chi connectivity index (χ0v) is 22.5. The average molecular weight is 513 g/mol. The van der Waals surface area contributed by atoms with Crippen LogP contribution < -0.4 is 10.1 Å². The van der Waals surface area contributed by atoms with E-state index < -0.39 is 11.0 Å². The number of carbonyl (C=O) groups excluding carboxylic acids is 2. The molecular weight excluding hydrogens is 468 g/mol. The number of amides is 2. The van der Waals surface area contributed by atoms with Crippen molar-refractivity contribution < 1.29 is 24.5 Å². The molecule has 5 fully saturated rings. The van der Waals surface area contributed by atoms with Gasteiger partial charge in [0.2, 0.25) is 5.91 Å². The molecule has 2 atom stereocenters. The SMILES string of the molecule is CC(C)(CO)C(=O)N1CCC(CCOc2ccc(C(=O)NCC3C4CC5CC3CC(O)(C5)C4)cc2)CC1. The van der Waals surface area contributed by atoms with Crippen molar-refractivity contribution in [2.45, 2.75) is 70.8 Å². The molecule has 0 aromatic heterocycles. The Balaban J connectivity index is 1.02. The van der Waals surface area contributed by atoms with Crippen molar-refractivity contribution in [1.29, 1.82) is 0 Å². The van der Waals surface area contributed by atoms with Crippen molar-refractivity contribution >= 4 is 11.8 Å². The summed E-state index contributed by atoms with van der Waals surface area (Å²) < 4.78 is 5.95.